The molecule has 0 N–H and O–H groups in total. The first-order chi connectivity index (χ1) is 12.7. The predicted octanol–water partition coefficient (Wildman–Crippen LogP) is 6.09. The Balaban J connectivity index is 5.27. The maximum absolute atomic E-state index is 12.7. The number of carbonyl (C=O) groups is 2. The summed E-state index contributed by atoms with van der Waals surface area (Å²) in [5.41, 5.74) is 0.993. The molecule has 0 fully saturated rings. The second kappa shape index (κ2) is 14.7. The van der Waals surface area contributed by atoms with E-state index < -0.39 is 0 Å². The van der Waals surface area contributed by atoms with E-state index in [1.165, 1.54) is 19.3 Å². The van der Waals surface area contributed by atoms with Crippen molar-refractivity contribution in [2.24, 2.45) is 17.8 Å². The maximum Gasteiger partial charge on any atom is 0.334 e. The fourth-order valence-electron chi connectivity index (χ4n) is 2.79. The zero-order valence-corrected chi connectivity index (χ0v) is 18.7. The Labute approximate surface area is 167 Å². The van der Waals surface area contributed by atoms with Gasteiger partial charge in [-0.15, -0.1) is 0 Å². The molecule has 0 spiro atoms. The SMILES string of the molecule is CCCCCCCC/C(C(=O)OCC(C)C)=C(/C(=O)OCC(C)C)C(C)C. The van der Waals surface area contributed by atoms with Crippen molar-refractivity contribution in [1.82, 2.24) is 0 Å². The summed E-state index contributed by atoms with van der Waals surface area (Å²) in [5.74, 6) is -0.285. The van der Waals surface area contributed by atoms with Crippen LogP contribution in [0.15, 0.2) is 11.1 Å². The van der Waals surface area contributed by atoms with E-state index in [1.807, 2.05) is 41.5 Å². The third kappa shape index (κ3) is 11.9. The van der Waals surface area contributed by atoms with Gasteiger partial charge < -0.3 is 9.47 Å². The minimum atomic E-state index is -0.374. The van der Waals surface area contributed by atoms with E-state index in [1.54, 1.807) is 0 Å². The number of ether oxygens (including phenoxy) is 2. The van der Waals surface area contributed by atoms with E-state index in [-0.39, 0.29) is 29.7 Å². The monoisotopic (exact) mass is 382 g/mol. The van der Waals surface area contributed by atoms with Crippen molar-refractivity contribution in [3.8, 4) is 0 Å². The first kappa shape index (κ1) is 25.7. The molecule has 4 nitrogen and oxygen atoms in total. The normalized spacial score (nSPS) is 12.5. The molecular formula is C23H42O4. The van der Waals surface area contributed by atoms with E-state index in [0.717, 1.165) is 19.3 Å². The van der Waals surface area contributed by atoms with Crippen LogP contribution in [0.4, 0.5) is 0 Å². The molecule has 0 saturated heterocycles. The van der Waals surface area contributed by atoms with E-state index in [0.29, 0.717) is 30.8 Å². The predicted molar refractivity (Wildman–Crippen MR) is 111 cm³/mol. The maximum atomic E-state index is 12.7. The van der Waals surface area contributed by atoms with Gasteiger partial charge in [0.2, 0.25) is 0 Å². The van der Waals surface area contributed by atoms with Crippen LogP contribution in [0.25, 0.3) is 0 Å². The molecule has 0 aromatic rings. The summed E-state index contributed by atoms with van der Waals surface area (Å²) in [6.45, 7) is 14.8. The lowest BCUT2D eigenvalue weighted by atomic mass is 9.93. The van der Waals surface area contributed by atoms with Crippen LogP contribution in [0, 0.1) is 17.8 Å². The molecule has 158 valence electrons. The van der Waals surface area contributed by atoms with Crippen LogP contribution in [0.2, 0.25) is 0 Å². The van der Waals surface area contributed by atoms with Crippen molar-refractivity contribution >= 4 is 11.9 Å². The van der Waals surface area contributed by atoms with Gasteiger partial charge in [0.1, 0.15) is 0 Å². The quantitative estimate of drug-likeness (QED) is 0.207. The van der Waals surface area contributed by atoms with Gasteiger partial charge in [0.25, 0.3) is 0 Å². The van der Waals surface area contributed by atoms with Gasteiger partial charge in [0, 0.05) is 5.57 Å². The lowest BCUT2D eigenvalue weighted by molar-refractivity contribution is -0.144. The van der Waals surface area contributed by atoms with Crippen LogP contribution in [-0.2, 0) is 19.1 Å². The molecule has 0 amide bonds. The number of carbonyl (C=O) groups excluding carboxylic acids is 2. The minimum Gasteiger partial charge on any atom is -0.462 e. The molecule has 0 heterocycles. The number of hydrogen-bond donors (Lipinski definition) is 0. The topological polar surface area (TPSA) is 52.6 Å². The molecule has 27 heavy (non-hydrogen) atoms. The molecular weight excluding hydrogens is 340 g/mol. The number of rotatable bonds is 14. The van der Waals surface area contributed by atoms with Crippen molar-refractivity contribution in [2.45, 2.75) is 93.4 Å². The van der Waals surface area contributed by atoms with Gasteiger partial charge in [-0.3, -0.25) is 0 Å². The summed E-state index contributed by atoms with van der Waals surface area (Å²) in [6, 6.07) is 0. The molecule has 4 heteroatoms. The zero-order chi connectivity index (χ0) is 20.8. The van der Waals surface area contributed by atoms with Gasteiger partial charge in [-0.2, -0.15) is 0 Å². The van der Waals surface area contributed by atoms with Crippen molar-refractivity contribution in [3.63, 3.8) is 0 Å². The molecule has 0 unspecified atom stereocenters. The molecule has 0 rings (SSSR count). The highest BCUT2D eigenvalue weighted by Crippen LogP contribution is 2.24. The molecule has 0 atom stereocenters. The van der Waals surface area contributed by atoms with Gasteiger partial charge in [-0.25, -0.2) is 9.59 Å². The van der Waals surface area contributed by atoms with Crippen LogP contribution >= 0.6 is 0 Å². The summed E-state index contributed by atoms with van der Waals surface area (Å²) < 4.78 is 10.9. The molecule has 0 aliphatic rings. The van der Waals surface area contributed by atoms with E-state index in [9.17, 15) is 9.59 Å². The van der Waals surface area contributed by atoms with Crippen molar-refractivity contribution in [2.75, 3.05) is 13.2 Å². The van der Waals surface area contributed by atoms with E-state index in [4.69, 9.17) is 9.47 Å². The van der Waals surface area contributed by atoms with Crippen molar-refractivity contribution in [3.05, 3.63) is 11.1 Å². The summed E-state index contributed by atoms with van der Waals surface area (Å²) >= 11 is 0. The Kier molecular flexibility index (Phi) is 14.0. The summed E-state index contributed by atoms with van der Waals surface area (Å²) in [6.07, 6.45) is 7.38. The highest BCUT2D eigenvalue weighted by Gasteiger charge is 2.26. The first-order valence-electron chi connectivity index (χ1n) is 10.8. The molecule has 0 bridgehead atoms. The Morgan fingerprint density at radius 3 is 1.67 bits per heavy atom. The van der Waals surface area contributed by atoms with Gasteiger partial charge in [-0.05, 0) is 30.6 Å². The minimum absolute atomic E-state index is 0.0775. The first-order valence-corrected chi connectivity index (χ1v) is 10.8. The van der Waals surface area contributed by atoms with Crippen molar-refractivity contribution in [1.29, 1.82) is 0 Å². The Morgan fingerprint density at radius 2 is 1.19 bits per heavy atom. The van der Waals surface area contributed by atoms with Crippen LogP contribution in [0.5, 0.6) is 0 Å². The number of hydrogen-bond acceptors (Lipinski definition) is 4. The van der Waals surface area contributed by atoms with Crippen molar-refractivity contribution < 1.29 is 19.1 Å². The van der Waals surface area contributed by atoms with Crippen LogP contribution in [0.3, 0.4) is 0 Å². The third-order valence-corrected chi connectivity index (χ3v) is 4.24. The van der Waals surface area contributed by atoms with Crippen LogP contribution in [0.1, 0.15) is 93.4 Å². The van der Waals surface area contributed by atoms with Crippen LogP contribution < -0.4 is 0 Å². The smallest absolute Gasteiger partial charge is 0.334 e. The van der Waals surface area contributed by atoms with Crippen LogP contribution in [-0.4, -0.2) is 25.2 Å². The van der Waals surface area contributed by atoms with Gasteiger partial charge in [0.15, 0.2) is 0 Å². The molecule has 0 aromatic heterocycles. The fraction of sp³-hybridized carbons (Fsp3) is 0.826. The van der Waals surface area contributed by atoms with E-state index >= 15 is 0 Å². The zero-order valence-electron chi connectivity index (χ0n) is 18.7. The average molecular weight is 383 g/mol. The Bertz CT molecular complexity index is 461. The Morgan fingerprint density at radius 1 is 0.704 bits per heavy atom. The lowest BCUT2D eigenvalue weighted by Gasteiger charge is -2.18. The highest BCUT2D eigenvalue weighted by molar-refractivity contribution is 6.00. The Hall–Kier alpha value is -1.32. The molecule has 0 aliphatic carbocycles. The van der Waals surface area contributed by atoms with Gasteiger partial charge in [-0.1, -0.05) is 80.6 Å². The third-order valence-electron chi connectivity index (χ3n) is 4.24. The molecule has 0 radical (unpaired) electrons. The van der Waals surface area contributed by atoms with E-state index in [2.05, 4.69) is 6.92 Å². The molecule has 0 saturated carbocycles. The lowest BCUT2D eigenvalue weighted by Crippen LogP contribution is -2.22. The fourth-order valence-corrected chi connectivity index (χ4v) is 2.79. The largest absolute Gasteiger partial charge is 0.462 e. The standard InChI is InChI=1S/C23H42O4/c1-8-9-10-11-12-13-14-20(22(24)26-15-17(2)3)21(19(6)7)23(25)27-16-18(4)5/h17-19H,8-16H2,1-7H3/b21-20-. The summed E-state index contributed by atoms with van der Waals surface area (Å²) in [7, 11) is 0. The second-order valence-electron chi connectivity index (χ2n) is 8.55. The highest BCUT2D eigenvalue weighted by atomic mass is 16.5. The summed E-state index contributed by atoms with van der Waals surface area (Å²) in [4.78, 5) is 25.4. The molecule has 0 aliphatic heterocycles. The number of unbranched alkanes of at least 4 members (excludes halogenated alkanes) is 5. The van der Waals surface area contributed by atoms with Gasteiger partial charge >= 0.3 is 11.9 Å². The number of esters is 2. The second-order valence-corrected chi connectivity index (χ2v) is 8.55. The summed E-state index contributed by atoms with van der Waals surface area (Å²) in [5, 5.41) is 0. The van der Waals surface area contributed by atoms with Gasteiger partial charge in [0.05, 0.1) is 18.8 Å². The average Bonchev–Trinajstić information content (AvgIpc) is 2.59. The molecule has 0 aromatic carbocycles.